The van der Waals surface area contributed by atoms with E-state index in [-0.39, 0.29) is 5.75 Å². The molecule has 1 aromatic rings. The summed E-state index contributed by atoms with van der Waals surface area (Å²) in [6.45, 7) is 3.12. The number of ether oxygens (including phenoxy) is 2. The number of hydrogen-bond acceptors (Lipinski definition) is 3. The Hall–Kier alpha value is -1.27. The fraction of sp³-hybridized carbons (Fsp3) is 0.571. The zero-order chi connectivity index (χ0) is 14.4. The summed E-state index contributed by atoms with van der Waals surface area (Å²) >= 11 is 0. The summed E-state index contributed by atoms with van der Waals surface area (Å²) in [5.41, 5.74) is 0.836. The van der Waals surface area contributed by atoms with E-state index in [1.54, 1.807) is 12.1 Å². The first-order valence-corrected chi connectivity index (χ1v) is 6.66. The topological polar surface area (TPSA) is 30.5 Å². The first-order valence-electron chi connectivity index (χ1n) is 6.66. The molecule has 1 saturated heterocycles. The van der Waals surface area contributed by atoms with Crippen molar-refractivity contribution in [2.45, 2.75) is 25.8 Å². The molecule has 1 heterocycles. The molecule has 0 radical (unpaired) electrons. The van der Waals surface area contributed by atoms with E-state index in [4.69, 9.17) is 4.74 Å². The highest BCUT2D eigenvalue weighted by molar-refractivity contribution is 5.27. The third-order valence-electron chi connectivity index (χ3n) is 3.18. The lowest BCUT2D eigenvalue weighted by molar-refractivity contribution is -0.274. The van der Waals surface area contributed by atoms with Gasteiger partial charge in [-0.15, -0.1) is 13.2 Å². The second-order valence-corrected chi connectivity index (χ2v) is 4.92. The van der Waals surface area contributed by atoms with Crippen LogP contribution >= 0.6 is 0 Å². The molecule has 112 valence electrons. The first kappa shape index (κ1) is 15.1. The standard InChI is InChI=1S/C14H18F3NO2/c15-14(16,17)20-13-5-3-11(4-6-13)9-19-10-12-2-1-7-18-8-12/h3-6,12,18H,1-2,7-10H2. The zero-order valence-corrected chi connectivity index (χ0v) is 11.1. The number of alkyl halides is 3. The predicted octanol–water partition coefficient (Wildman–Crippen LogP) is 3.10. The second-order valence-electron chi connectivity index (χ2n) is 4.92. The Morgan fingerprint density at radius 3 is 2.55 bits per heavy atom. The minimum atomic E-state index is -4.65. The van der Waals surface area contributed by atoms with Crippen molar-refractivity contribution >= 4 is 0 Å². The van der Waals surface area contributed by atoms with Crippen LogP contribution in [0, 0.1) is 5.92 Å². The smallest absolute Gasteiger partial charge is 0.406 e. The van der Waals surface area contributed by atoms with Crippen LogP contribution in [-0.4, -0.2) is 26.1 Å². The average molecular weight is 289 g/mol. The molecule has 6 heteroatoms. The van der Waals surface area contributed by atoms with Crippen molar-refractivity contribution in [3.05, 3.63) is 29.8 Å². The van der Waals surface area contributed by atoms with Gasteiger partial charge in [0.05, 0.1) is 13.2 Å². The fourth-order valence-corrected chi connectivity index (χ4v) is 2.20. The van der Waals surface area contributed by atoms with Gasteiger partial charge in [-0.2, -0.15) is 0 Å². The van der Waals surface area contributed by atoms with Crippen molar-refractivity contribution in [2.75, 3.05) is 19.7 Å². The molecule has 1 unspecified atom stereocenters. The maximum absolute atomic E-state index is 12.0. The molecule has 20 heavy (non-hydrogen) atoms. The Morgan fingerprint density at radius 1 is 1.20 bits per heavy atom. The summed E-state index contributed by atoms with van der Waals surface area (Å²) in [6, 6.07) is 5.77. The molecule has 0 spiro atoms. The van der Waals surface area contributed by atoms with Crippen LogP contribution in [0.3, 0.4) is 0 Å². The van der Waals surface area contributed by atoms with Crippen LogP contribution in [-0.2, 0) is 11.3 Å². The summed E-state index contributed by atoms with van der Waals surface area (Å²) < 4.78 is 45.4. The second kappa shape index (κ2) is 6.95. The van der Waals surface area contributed by atoms with Crippen LogP contribution in [0.25, 0.3) is 0 Å². The van der Waals surface area contributed by atoms with Crippen LogP contribution in [0.2, 0.25) is 0 Å². The SMILES string of the molecule is FC(F)(F)Oc1ccc(COCC2CCCNC2)cc1. The molecular formula is C14H18F3NO2. The molecule has 3 nitrogen and oxygen atoms in total. The van der Waals surface area contributed by atoms with Gasteiger partial charge in [0.25, 0.3) is 0 Å². The van der Waals surface area contributed by atoms with Crippen molar-refractivity contribution in [1.29, 1.82) is 0 Å². The summed E-state index contributed by atoms with van der Waals surface area (Å²) in [6.07, 6.45) is -2.32. The number of rotatable bonds is 5. The van der Waals surface area contributed by atoms with Gasteiger partial charge >= 0.3 is 6.36 Å². The van der Waals surface area contributed by atoms with Gasteiger partial charge < -0.3 is 14.8 Å². The highest BCUT2D eigenvalue weighted by atomic mass is 19.4. The van der Waals surface area contributed by atoms with E-state index in [0.29, 0.717) is 19.1 Å². The molecule has 1 aliphatic heterocycles. The van der Waals surface area contributed by atoms with Crippen molar-refractivity contribution in [3.8, 4) is 5.75 Å². The van der Waals surface area contributed by atoms with Gasteiger partial charge in [-0.1, -0.05) is 12.1 Å². The third kappa shape index (κ3) is 5.38. The van der Waals surface area contributed by atoms with E-state index in [0.717, 1.165) is 31.5 Å². The normalized spacial score (nSPS) is 19.9. The Bertz CT molecular complexity index is 400. The molecule has 0 saturated carbocycles. The van der Waals surface area contributed by atoms with Gasteiger partial charge in [0, 0.05) is 6.54 Å². The van der Waals surface area contributed by atoms with Gasteiger partial charge in [0.1, 0.15) is 5.75 Å². The molecule has 1 fully saturated rings. The van der Waals surface area contributed by atoms with Crippen LogP contribution < -0.4 is 10.1 Å². The summed E-state index contributed by atoms with van der Waals surface area (Å²) in [4.78, 5) is 0. The molecular weight excluding hydrogens is 271 g/mol. The van der Waals surface area contributed by atoms with E-state index < -0.39 is 6.36 Å². The maximum Gasteiger partial charge on any atom is 0.573 e. The van der Waals surface area contributed by atoms with Gasteiger partial charge in [-0.05, 0) is 43.0 Å². The van der Waals surface area contributed by atoms with Crippen molar-refractivity contribution in [1.82, 2.24) is 5.32 Å². The lowest BCUT2D eigenvalue weighted by Gasteiger charge is -2.22. The third-order valence-corrected chi connectivity index (χ3v) is 3.18. The first-order chi connectivity index (χ1) is 9.53. The number of piperidine rings is 1. The Balaban J connectivity index is 1.73. The van der Waals surface area contributed by atoms with Crippen LogP contribution in [0.15, 0.2) is 24.3 Å². The van der Waals surface area contributed by atoms with E-state index in [1.165, 1.54) is 12.1 Å². The van der Waals surface area contributed by atoms with Gasteiger partial charge in [-0.25, -0.2) is 0 Å². The van der Waals surface area contributed by atoms with E-state index in [9.17, 15) is 13.2 Å². The monoisotopic (exact) mass is 289 g/mol. The quantitative estimate of drug-likeness (QED) is 0.903. The van der Waals surface area contributed by atoms with E-state index >= 15 is 0 Å². The number of nitrogens with one attached hydrogen (secondary N) is 1. The zero-order valence-electron chi connectivity index (χ0n) is 11.1. The van der Waals surface area contributed by atoms with Crippen molar-refractivity contribution < 1.29 is 22.6 Å². The molecule has 1 aliphatic rings. The Labute approximate surface area is 116 Å². The van der Waals surface area contributed by atoms with Gasteiger partial charge in [-0.3, -0.25) is 0 Å². The van der Waals surface area contributed by atoms with Crippen LogP contribution in [0.1, 0.15) is 18.4 Å². The predicted molar refractivity (Wildman–Crippen MR) is 68.4 cm³/mol. The maximum atomic E-state index is 12.0. The number of hydrogen-bond donors (Lipinski definition) is 1. The Morgan fingerprint density at radius 2 is 1.95 bits per heavy atom. The van der Waals surface area contributed by atoms with Crippen LogP contribution in [0.4, 0.5) is 13.2 Å². The van der Waals surface area contributed by atoms with E-state index in [2.05, 4.69) is 10.1 Å². The van der Waals surface area contributed by atoms with Gasteiger partial charge in [0.2, 0.25) is 0 Å². The highest BCUT2D eigenvalue weighted by Gasteiger charge is 2.30. The van der Waals surface area contributed by atoms with Crippen LogP contribution in [0.5, 0.6) is 5.75 Å². The molecule has 0 bridgehead atoms. The lowest BCUT2D eigenvalue weighted by Crippen LogP contribution is -2.32. The molecule has 1 atom stereocenters. The number of benzene rings is 1. The summed E-state index contributed by atoms with van der Waals surface area (Å²) in [5.74, 6) is 0.314. The molecule has 0 aliphatic carbocycles. The van der Waals surface area contributed by atoms with Crippen molar-refractivity contribution in [3.63, 3.8) is 0 Å². The molecule has 1 aromatic carbocycles. The number of halogens is 3. The minimum Gasteiger partial charge on any atom is -0.406 e. The van der Waals surface area contributed by atoms with Crippen molar-refractivity contribution in [2.24, 2.45) is 5.92 Å². The van der Waals surface area contributed by atoms with Gasteiger partial charge in [0.15, 0.2) is 0 Å². The average Bonchev–Trinajstić information content (AvgIpc) is 2.40. The largest absolute Gasteiger partial charge is 0.573 e. The molecule has 1 N–H and O–H groups in total. The fourth-order valence-electron chi connectivity index (χ4n) is 2.20. The van der Waals surface area contributed by atoms with E-state index in [1.807, 2.05) is 0 Å². The minimum absolute atomic E-state index is 0.210. The molecule has 2 rings (SSSR count). The summed E-state index contributed by atoms with van der Waals surface area (Å²) in [5, 5.41) is 3.31. The lowest BCUT2D eigenvalue weighted by atomic mass is 10.0. The Kier molecular flexibility index (Phi) is 5.25. The molecule has 0 aromatic heterocycles. The molecule has 0 amide bonds. The summed E-state index contributed by atoms with van der Waals surface area (Å²) in [7, 11) is 0. The highest BCUT2D eigenvalue weighted by Crippen LogP contribution is 2.23.